The predicted molar refractivity (Wildman–Crippen MR) is 106 cm³/mol. The van der Waals surface area contributed by atoms with Gasteiger partial charge in [0.2, 0.25) is 11.8 Å². The van der Waals surface area contributed by atoms with Crippen molar-refractivity contribution in [2.75, 3.05) is 26.4 Å². The maximum atomic E-state index is 12.7. The molecule has 2 amide bonds. The molecule has 1 unspecified atom stereocenters. The largest absolute Gasteiger partial charge is 0.480 e. The van der Waals surface area contributed by atoms with Crippen molar-refractivity contribution in [3.8, 4) is 0 Å². The summed E-state index contributed by atoms with van der Waals surface area (Å²) in [4.78, 5) is 46.7. The second-order valence-electron chi connectivity index (χ2n) is 7.16. The Morgan fingerprint density at radius 2 is 1.93 bits per heavy atom. The van der Waals surface area contributed by atoms with Crippen LogP contribution in [-0.4, -0.2) is 58.5 Å². The molecule has 162 valence electrons. The lowest BCUT2D eigenvalue weighted by molar-refractivity contribution is -0.142. The van der Waals surface area contributed by atoms with Gasteiger partial charge in [0, 0.05) is 20.1 Å². The fourth-order valence-electron chi connectivity index (χ4n) is 3.55. The Hall–Kier alpha value is -2.98. The second-order valence-corrected chi connectivity index (χ2v) is 7.16. The number of piperidine rings is 1. The molecule has 30 heavy (non-hydrogen) atoms. The molecule has 3 rings (SSSR count). The van der Waals surface area contributed by atoms with Crippen LogP contribution >= 0.6 is 0 Å². The number of rotatable bonds is 10. The normalized spacial score (nSPS) is 16.8. The maximum absolute atomic E-state index is 12.7. The molecule has 10 heteroatoms. The first kappa shape index (κ1) is 21.7. The molecule has 0 spiro atoms. The number of carbonyl (C=O) groups excluding carboxylic acids is 2. The molecule has 2 aromatic rings. The van der Waals surface area contributed by atoms with Crippen LogP contribution in [0.5, 0.6) is 0 Å². The van der Waals surface area contributed by atoms with Gasteiger partial charge in [0.05, 0.1) is 24.2 Å². The SMILES string of the molecule is Cn1c(=O)n(C2CCC(=O)NC2=O)c2ccc(CCCOCCOCC(=O)O)cc21. The molecule has 1 aliphatic heterocycles. The molecular weight excluding hydrogens is 394 g/mol. The van der Waals surface area contributed by atoms with Gasteiger partial charge in [-0.05, 0) is 37.0 Å². The third kappa shape index (κ3) is 4.95. The number of nitrogens with one attached hydrogen (secondary N) is 1. The molecule has 1 fully saturated rings. The summed E-state index contributed by atoms with van der Waals surface area (Å²) in [5, 5.41) is 10.8. The number of ether oxygens (including phenoxy) is 2. The number of hydrogen-bond acceptors (Lipinski definition) is 6. The Labute approximate surface area is 172 Å². The summed E-state index contributed by atoms with van der Waals surface area (Å²) in [6.45, 7) is 0.731. The van der Waals surface area contributed by atoms with Crippen molar-refractivity contribution in [3.05, 3.63) is 34.2 Å². The van der Waals surface area contributed by atoms with Crippen LogP contribution in [0.2, 0.25) is 0 Å². The van der Waals surface area contributed by atoms with Gasteiger partial charge >= 0.3 is 11.7 Å². The van der Waals surface area contributed by atoms with E-state index in [9.17, 15) is 19.2 Å². The van der Waals surface area contributed by atoms with Gasteiger partial charge in [0.15, 0.2) is 0 Å². The molecule has 10 nitrogen and oxygen atoms in total. The molecule has 1 atom stereocenters. The minimum absolute atomic E-state index is 0.207. The lowest BCUT2D eigenvalue weighted by atomic mass is 10.1. The molecule has 2 N–H and O–H groups in total. The third-order valence-corrected chi connectivity index (χ3v) is 5.03. The summed E-state index contributed by atoms with van der Waals surface area (Å²) in [6, 6.07) is 4.98. The molecule has 1 saturated heterocycles. The number of carboxylic acids is 1. The predicted octanol–water partition coefficient (Wildman–Crippen LogP) is 0.368. The van der Waals surface area contributed by atoms with Gasteiger partial charge in [0.25, 0.3) is 0 Å². The summed E-state index contributed by atoms with van der Waals surface area (Å²) in [6.07, 6.45) is 2.01. The van der Waals surface area contributed by atoms with E-state index in [1.54, 1.807) is 7.05 Å². The Morgan fingerprint density at radius 1 is 1.17 bits per heavy atom. The summed E-state index contributed by atoms with van der Waals surface area (Å²) < 4.78 is 13.3. The minimum atomic E-state index is -1.01. The molecule has 2 heterocycles. The number of imidazole rings is 1. The number of aryl methyl sites for hydroxylation is 2. The van der Waals surface area contributed by atoms with E-state index < -0.39 is 17.9 Å². The van der Waals surface area contributed by atoms with Crippen molar-refractivity contribution < 1.29 is 29.0 Å². The number of fused-ring (bicyclic) bond motifs is 1. The smallest absolute Gasteiger partial charge is 0.329 e. The number of carboxylic acid groups (broad SMARTS) is 1. The van der Waals surface area contributed by atoms with E-state index in [2.05, 4.69) is 5.32 Å². The Kier molecular flexibility index (Phi) is 7.01. The second kappa shape index (κ2) is 9.68. The van der Waals surface area contributed by atoms with Crippen molar-refractivity contribution in [2.45, 2.75) is 31.7 Å². The van der Waals surface area contributed by atoms with Crippen molar-refractivity contribution in [1.82, 2.24) is 14.5 Å². The summed E-state index contributed by atoms with van der Waals surface area (Å²) in [5.41, 5.74) is 2.13. The van der Waals surface area contributed by atoms with Crippen molar-refractivity contribution >= 4 is 28.8 Å². The Bertz CT molecular complexity index is 1010. The van der Waals surface area contributed by atoms with Crippen molar-refractivity contribution in [1.29, 1.82) is 0 Å². The zero-order chi connectivity index (χ0) is 21.7. The summed E-state index contributed by atoms with van der Waals surface area (Å²) in [5.74, 6) is -1.77. The Morgan fingerprint density at radius 3 is 2.67 bits per heavy atom. The molecule has 0 aliphatic carbocycles. The average molecular weight is 419 g/mol. The molecule has 0 saturated carbocycles. The van der Waals surface area contributed by atoms with E-state index in [0.717, 1.165) is 23.9 Å². The highest BCUT2D eigenvalue weighted by molar-refractivity contribution is 6.00. The van der Waals surface area contributed by atoms with Gasteiger partial charge in [-0.25, -0.2) is 9.59 Å². The van der Waals surface area contributed by atoms with E-state index in [-0.39, 0.29) is 31.2 Å². The highest BCUT2D eigenvalue weighted by Crippen LogP contribution is 2.24. The van der Waals surface area contributed by atoms with Gasteiger partial charge in [-0.15, -0.1) is 0 Å². The molecule has 0 bridgehead atoms. The molecular formula is C20H25N3O7. The van der Waals surface area contributed by atoms with Crippen LogP contribution in [0.15, 0.2) is 23.0 Å². The van der Waals surface area contributed by atoms with Gasteiger partial charge in [-0.2, -0.15) is 0 Å². The zero-order valence-corrected chi connectivity index (χ0v) is 16.8. The first-order valence-electron chi connectivity index (χ1n) is 9.79. The molecule has 1 aromatic carbocycles. The van der Waals surface area contributed by atoms with Gasteiger partial charge in [-0.3, -0.25) is 24.0 Å². The van der Waals surface area contributed by atoms with Crippen LogP contribution in [0, 0.1) is 0 Å². The van der Waals surface area contributed by atoms with Crippen LogP contribution in [0.1, 0.15) is 30.9 Å². The van der Waals surface area contributed by atoms with E-state index in [1.165, 1.54) is 9.13 Å². The summed E-state index contributed by atoms with van der Waals surface area (Å²) >= 11 is 0. The quantitative estimate of drug-likeness (QED) is 0.420. The van der Waals surface area contributed by atoms with Gasteiger partial charge in [-0.1, -0.05) is 6.07 Å². The van der Waals surface area contributed by atoms with E-state index in [1.807, 2.05) is 18.2 Å². The average Bonchev–Trinajstić information content (AvgIpc) is 2.94. The lowest BCUT2D eigenvalue weighted by Crippen LogP contribution is -2.44. The van der Waals surface area contributed by atoms with Crippen LogP contribution in [-0.2, 0) is 37.3 Å². The monoisotopic (exact) mass is 419 g/mol. The number of imide groups is 1. The number of hydrogen-bond donors (Lipinski definition) is 2. The maximum Gasteiger partial charge on any atom is 0.329 e. The van der Waals surface area contributed by atoms with E-state index in [0.29, 0.717) is 25.2 Å². The molecule has 1 aromatic heterocycles. The fourth-order valence-corrected chi connectivity index (χ4v) is 3.55. The number of aliphatic carboxylic acids is 1. The number of aromatic nitrogens is 2. The van der Waals surface area contributed by atoms with Crippen molar-refractivity contribution in [3.63, 3.8) is 0 Å². The standard InChI is InChI=1S/C20H25N3O7/c1-22-16-11-13(3-2-8-29-9-10-30-12-18(25)26)4-5-14(16)23(20(22)28)15-6-7-17(24)21-19(15)27/h4-5,11,15H,2-3,6-10,12H2,1H3,(H,25,26)(H,21,24,27). The number of benzene rings is 1. The van der Waals surface area contributed by atoms with Gasteiger partial charge in [0.1, 0.15) is 12.6 Å². The highest BCUT2D eigenvalue weighted by atomic mass is 16.5. The van der Waals surface area contributed by atoms with Crippen LogP contribution < -0.4 is 11.0 Å². The first-order chi connectivity index (χ1) is 14.4. The number of amides is 2. The number of nitrogens with zero attached hydrogens (tertiary/aromatic N) is 2. The first-order valence-corrected chi connectivity index (χ1v) is 9.79. The fraction of sp³-hybridized carbons (Fsp3) is 0.500. The van der Waals surface area contributed by atoms with Crippen LogP contribution in [0.3, 0.4) is 0 Å². The summed E-state index contributed by atoms with van der Waals surface area (Å²) in [7, 11) is 1.66. The molecule has 1 aliphatic rings. The van der Waals surface area contributed by atoms with E-state index >= 15 is 0 Å². The topological polar surface area (TPSA) is 129 Å². The van der Waals surface area contributed by atoms with Gasteiger partial charge < -0.3 is 14.6 Å². The highest BCUT2D eigenvalue weighted by Gasteiger charge is 2.31. The third-order valence-electron chi connectivity index (χ3n) is 5.03. The lowest BCUT2D eigenvalue weighted by Gasteiger charge is -2.21. The van der Waals surface area contributed by atoms with Crippen LogP contribution in [0.4, 0.5) is 0 Å². The Balaban J connectivity index is 1.61. The van der Waals surface area contributed by atoms with Crippen LogP contribution in [0.25, 0.3) is 11.0 Å². The minimum Gasteiger partial charge on any atom is -0.480 e. The van der Waals surface area contributed by atoms with Crippen molar-refractivity contribution in [2.24, 2.45) is 7.05 Å². The van der Waals surface area contributed by atoms with E-state index in [4.69, 9.17) is 14.6 Å². The number of carbonyl (C=O) groups is 3. The molecule has 0 radical (unpaired) electrons. The zero-order valence-electron chi connectivity index (χ0n) is 16.8.